The second-order valence-corrected chi connectivity index (χ2v) is 5.96. The molecule has 26 heavy (non-hydrogen) atoms. The highest BCUT2D eigenvalue weighted by atomic mass is 19.1. The van der Waals surface area contributed by atoms with Gasteiger partial charge in [-0.25, -0.2) is 19.0 Å². The van der Waals surface area contributed by atoms with Gasteiger partial charge in [0.05, 0.1) is 18.4 Å². The molecule has 1 aromatic carbocycles. The molecule has 0 fully saturated rings. The molecule has 0 aliphatic heterocycles. The average molecular weight is 351 g/mol. The molecule has 7 nitrogen and oxygen atoms in total. The third-order valence-electron chi connectivity index (χ3n) is 4.10. The van der Waals surface area contributed by atoms with Crippen LogP contribution < -0.4 is 5.32 Å². The zero-order chi connectivity index (χ0) is 18.1. The number of aryl methyl sites for hydroxylation is 2. The fourth-order valence-corrected chi connectivity index (χ4v) is 2.91. The fourth-order valence-electron chi connectivity index (χ4n) is 2.91. The first kappa shape index (κ1) is 16.2. The van der Waals surface area contributed by atoms with Crippen LogP contribution in [0, 0.1) is 19.7 Å². The van der Waals surface area contributed by atoms with Gasteiger partial charge in [0.2, 0.25) is 0 Å². The second kappa shape index (κ2) is 6.55. The highest BCUT2D eigenvalue weighted by Gasteiger charge is 2.11. The summed E-state index contributed by atoms with van der Waals surface area (Å²) in [6.07, 6.45) is 1.67. The normalized spacial score (nSPS) is 11.2. The van der Waals surface area contributed by atoms with Crippen molar-refractivity contribution in [2.24, 2.45) is 0 Å². The molecular formula is C18H18FN7. The van der Waals surface area contributed by atoms with Gasteiger partial charge in [-0.15, -0.1) is 0 Å². The van der Waals surface area contributed by atoms with Crippen molar-refractivity contribution in [3.8, 4) is 11.3 Å². The van der Waals surface area contributed by atoms with Gasteiger partial charge in [-0.05, 0) is 26.0 Å². The van der Waals surface area contributed by atoms with Crippen molar-refractivity contribution < 1.29 is 4.39 Å². The van der Waals surface area contributed by atoms with Gasteiger partial charge in [0.1, 0.15) is 23.3 Å². The topological polar surface area (TPSA) is 72.9 Å². The number of benzene rings is 1. The van der Waals surface area contributed by atoms with Crippen molar-refractivity contribution in [3.63, 3.8) is 0 Å². The van der Waals surface area contributed by atoms with E-state index in [9.17, 15) is 4.39 Å². The maximum atomic E-state index is 14.2. The number of fused-ring (bicyclic) bond motifs is 1. The number of hydrogen-bond donors (Lipinski definition) is 1. The minimum absolute atomic E-state index is 0.302. The lowest BCUT2D eigenvalue weighted by Gasteiger charge is -2.11. The van der Waals surface area contributed by atoms with Crippen molar-refractivity contribution in [3.05, 3.63) is 60.1 Å². The van der Waals surface area contributed by atoms with Gasteiger partial charge in [0, 0.05) is 24.2 Å². The van der Waals surface area contributed by atoms with Crippen LogP contribution in [0.25, 0.3) is 16.9 Å². The minimum atomic E-state index is -0.302. The van der Waals surface area contributed by atoms with E-state index in [-0.39, 0.29) is 5.82 Å². The first-order chi connectivity index (χ1) is 12.6. The van der Waals surface area contributed by atoms with E-state index in [1.54, 1.807) is 41.0 Å². The van der Waals surface area contributed by atoms with Gasteiger partial charge in [-0.2, -0.15) is 14.7 Å². The molecule has 0 saturated heterocycles. The Labute approximate surface area is 149 Å². The van der Waals surface area contributed by atoms with Crippen molar-refractivity contribution >= 4 is 11.5 Å². The number of rotatable bonds is 5. The van der Waals surface area contributed by atoms with Crippen molar-refractivity contribution in [1.82, 2.24) is 29.4 Å². The van der Waals surface area contributed by atoms with Crippen LogP contribution in [0.3, 0.4) is 0 Å². The van der Waals surface area contributed by atoms with Gasteiger partial charge in [-0.3, -0.25) is 0 Å². The summed E-state index contributed by atoms with van der Waals surface area (Å²) in [5.41, 5.74) is 1.68. The lowest BCUT2D eigenvalue weighted by molar-refractivity contribution is 0.611. The number of nitrogens with zero attached hydrogens (tertiary/aromatic N) is 6. The number of halogens is 1. The number of aromatic nitrogens is 6. The van der Waals surface area contributed by atoms with Crippen LogP contribution in [-0.2, 0) is 6.54 Å². The van der Waals surface area contributed by atoms with Gasteiger partial charge < -0.3 is 5.32 Å². The maximum absolute atomic E-state index is 14.2. The van der Waals surface area contributed by atoms with E-state index in [1.807, 2.05) is 18.5 Å². The maximum Gasteiger partial charge on any atom is 0.157 e. The molecule has 0 atom stereocenters. The van der Waals surface area contributed by atoms with Crippen LogP contribution in [0.15, 0.2) is 42.6 Å². The molecule has 0 radical (unpaired) electrons. The van der Waals surface area contributed by atoms with Gasteiger partial charge in [-0.1, -0.05) is 12.1 Å². The summed E-state index contributed by atoms with van der Waals surface area (Å²) in [7, 11) is 0. The summed E-state index contributed by atoms with van der Waals surface area (Å²) >= 11 is 0. The molecule has 0 unspecified atom stereocenters. The molecule has 3 heterocycles. The quantitative estimate of drug-likeness (QED) is 0.598. The van der Waals surface area contributed by atoms with Gasteiger partial charge in [0.15, 0.2) is 5.65 Å². The van der Waals surface area contributed by atoms with E-state index >= 15 is 0 Å². The van der Waals surface area contributed by atoms with Crippen molar-refractivity contribution in [1.29, 1.82) is 0 Å². The lowest BCUT2D eigenvalue weighted by atomic mass is 10.1. The molecule has 0 aliphatic rings. The first-order valence-corrected chi connectivity index (χ1v) is 8.33. The Bertz CT molecular complexity index is 1070. The van der Waals surface area contributed by atoms with Crippen LogP contribution in [-0.4, -0.2) is 35.9 Å². The summed E-state index contributed by atoms with van der Waals surface area (Å²) in [5.74, 6) is 2.06. The van der Waals surface area contributed by atoms with E-state index in [0.717, 1.165) is 17.5 Å². The van der Waals surface area contributed by atoms with E-state index < -0.39 is 0 Å². The molecule has 132 valence electrons. The number of hydrogen-bond acceptors (Lipinski definition) is 5. The summed E-state index contributed by atoms with van der Waals surface area (Å²) in [6, 6.07) is 10.2. The Morgan fingerprint density at radius 2 is 1.96 bits per heavy atom. The van der Waals surface area contributed by atoms with Gasteiger partial charge in [0.25, 0.3) is 0 Å². The predicted octanol–water partition coefficient (Wildman–Crippen LogP) is 2.86. The highest BCUT2D eigenvalue weighted by Crippen LogP contribution is 2.24. The summed E-state index contributed by atoms with van der Waals surface area (Å²) in [6.45, 7) is 5.08. The van der Waals surface area contributed by atoms with Crippen molar-refractivity contribution in [2.75, 3.05) is 11.9 Å². The number of anilines is 1. The Balaban J connectivity index is 1.63. The Morgan fingerprint density at radius 3 is 2.73 bits per heavy atom. The molecule has 0 saturated carbocycles. The second-order valence-electron chi connectivity index (χ2n) is 5.96. The summed E-state index contributed by atoms with van der Waals surface area (Å²) in [5, 5.41) is 12.0. The summed E-state index contributed by atoms with van der Waals surface area (Å²) < 4.78 is 17.7. The average Bonchev–Trinajstić information content (AvgIpc) is 3.21. The smallest absolute Gasteiger partial charge is 0.157 e. The molecule has 3 aromatic heterocycles. The van der Waals surface area contributed by atoms with Crippen LogP contribution in [0.2, 0.25) is 0 Å². The van der Waals surface area contributed by atoms with E-state index in [0.29, 0.717) is 30.0 Å². The molecule has 0 bridgehead atoms. The Hall–Kier alpha value is -3.29. The molecule has 8 heteroatoms. The third kappa shape index (κ3) is 3.01. The molecular weight excluding hydrogens is 333 g/mol. The largest absolute Gasteiger partial charge is 0.368 e. The van der Waals surface area contributed by atoms with Crippen LogP contribution >= 0.6 is 0 Å². The summed E-state index contributed by atoms with van der Waals surface area (Å²) in [4.78, 5) is 8.80. The molecule has 0 amide bonds. The van der Waals surface area contributed by atoms with Crippen LogP contribution in [0.4, 0.5) is 10.2 Å². The number of nitrogens with one attached hydrogen (secondary N) is 1. The lowest BCUT2D eigenvalue weighted by Crippen LogP contribution is -2.15. The van der Waals surface area contributed by atoms with Crippen LogP contribution in [0.5, 0.6) is 0 Å². The molecule has 4 aromatic rings. The van der Waals surface area contributed by atoms with Crippen molar-refractivity contribution in [2.45, 2.75) is 20.4 Å². The third-order valence-corrected chi connectivity index (χ3v) is 4.10. The van der Waals surface area contributed by atoms with E-state index in [1.165, 1.54) is 6.07 Å². The Morgan fingerprint density at radius 1 is 1.12 bits per heavy atom. The van der Waals surface area contributed by atoms with Crippen LogP contribution in [0.1, 0.15) is 11.6 Å². The zero-order valence-electron chi connectivity index (χ0n) is 14.5. The molecule has 4 rings (SSSR count). The van der Waals surface area contributed by atoms with E-state index in [2.05, 4.69) is 25.5 Å². The highest BCUT2D eigenvalue weighted by molar-refractivity contribution is 5.66. The zero-order valence-corrected chi connectivity index (χ0v) is 14.5. The SMILES string of the molecule is Cc1nc(C)n(CCNc2cc(-c3ccccc3F)nc3ccnn23)n1. The first-order valence-electron chi connectivity index (χ1n) is 8.33. The molecule has 0 spiro atoms. The minimum Gasteiger partial charge on any atom is -0.368 e. The molecule has 1 N–H and O–H groups in total. The predicted molar refractivity (Wildman–Crippen MR) is 96.4 cm³/mol. The Kier molecular flexibility index (Phi) is 4.08. The van der Waals surface area contributed by atoms with E-state index in [4.69, 9.17) is 0 Å². The standard InChI is InChI=1S/C18H18FN7/c1-12-22-13(2)25(24-12)10-9-20-18-11-16(14-5-3-4-6-15(14)19)23-17-7-8-21-26(17)18/h3-8,11,20H,9-10H2,1-2H3. The fraction of sp³-hybridized carbons (Fsp3) is 0.222. The molecule has 0 aliphatic carbocycles. The monoisotopic (exact) mass is 351 g/mol. The van der Waals surface area contributed by atoms with Gasteiger partial charge >= 0.3 is 0 Å².